The maximum atomic E-state index is 12.0. The highest BCUT2D eigenvalue weighted by atomic mass is 16.1. The van der Waals surface area contributed by atoms with Crippen molar-refractivity contribution in [3.05, 3.63) is 35.9 Å². The minimum atomic E-state index is -0.359. The summed E-state index contributed by atoms with van der Waals surface area (Å²) in [7, 11) is 0. The Kier molecular flexibility index (Phi) is 7.30. The van der Waals surface area contributed by atoms with Gasteiger partial charge in [-0.3, -0.25) is 4.79 Å². The van der Waals surface area contributed by atoms with Crippen LogP contribution in [0, 0.1) is 0 Å². The zero-order valence-corrected chi connectivity index (χ0v) is 11.0. The van der Waals surface area contributed by atoms with Crippen LogP contribution in [0.3, 0.4) is 0 Å². The van der Waals surface area contributed by atoms with Crippen LogP contribution in [0.4, 0.5) is 0 Å². The Morgan fingerprint density at radius 3 is 2.28 bits per heavy atom. The molecule has 0 aliphatic carbocycles. The monoisotopic (exact) mass is 248 g/mol. The first-order valence-electron chi connectivity index (χ1n) is 6.80. The lowest BCUT2D eigenvalue weighted by molar-refractivity contribution is 0.0956. The van der Waals surface area contributed by atoms with Crippen LogP contribution in [0.25, 0.3) is 0 Å². The number of carbonyl (C=O) groups is 1. The van der Waals surface area contributed by atoms with Crippen molar-refractivity contribution in [1.29, 1.82) is 0 Å². The standard InChI is InChI=1S/C15H24N2O/c16-12-8-3-1-2-7-11-14(17)15(18)13-9-5-4-6-10-13/h4-6,9-10,14H,1-3,7-8,11-12,16-17H2. The third-order valence-electron chi connectivity index (χ3n) is 3.11. The number of nitrogens with two attached hydrogens (primary N) is 2. The van der Waals surface area contributed by atoms with Crippen molar-refractivity contribution in [1.82, 2.24) is 0 Å². The van der Waals surface area contributed by atoms with Crippen LogP contribution in [-0.2, 0) is 0 Å². The Balaban J connectivity index is 2.20. The number of Topliss-reactive ketones (excluding diaryl/α,β-unsaturated/α-hetero) is 1. The van der Waals surface area contributed by atoms with E-state index in [9.17, 15) is 4.79 Å². The third kappa shape index (κ3) is 5.43. The Labute approximate surface area is 110 Å². The van der Waals surface area contributed by atoms with E-state index in [1.54, 1.807) is 0 Å². The predicted molar refractivity (Wildman–Crippen MR) is 75.5 cm³/mol. The molecule has 0 heterocycles. The number of ketones is 1. The van der Waals surface area contributed by atoms with Gasteiger partial charge in [-0.15, -0.1) is 0 Å². The molecule has 100 valence electrons. The second-order valence-electron chi connectivity index (χ2n) is 4.68. The number of hydrogen-bond acceptors (Lipinski definition) is 3. The number of rotatable bonds is 9. The van der Waals surface area contributed by atoms with Crippen molar-refractivity contribution in [2.75, 3.05) is 6.54 Å². The van der Waals surface area contributed by atoms with Gasteiger partial charge in [0, 0.05) is 5.56 Å². The van der Waals surface area contributed by atoms with Gasteiger partial charge in [0.1, 0.15) is 0 Å². The minimum absolute atomic E-state index is 0.0533. The maximum Gasteiger partial charge on any atom is 0.179 e. The fraction of sp³-hybridized carbons (Fsp3) is 0.533. The summed E-state index contributed by atoms with van der Waals surface area (Å²) in [4.78, 5) is 12.0. The van der Waals surface area contributed by atoms with Crippen LogP contribution in [0.1, 0.15) is 48.9 Å². The first kappa shape index (κ1) is 14.9. The molecule has 0 aromatic heterocycles. The molecule has 0 radical (unpaired) electrons. The van der Waals surface area contributed by atoms with E-state index in [4.69, 9.17) is 11.5 Å². The summed E-state index contributed by atoms with van der Waals surface area (Å²) in [6.07, 6.45) is 6.38. The smallest absolute Gasteiger partial charge is 0.179 e. The summed E-state index contributed by atoms with van der Waals surface area (Å²) in [5, 5.41) is 0. The third-order valence-corrected chi connectivity index (χ3v) is 3.11. The predicted octanol–water partition coefficient (Wildman–Crippen LogP) is 2.50. The summed E-state index contributed by atoms with van der Waals surface area (Å²) >= 11 is 0. The Morgan fingerprint density at radius 1 is 1.00 bits per heavy atom. The van der Waals surface area contributed by atoms with Gasteiger partial charge in [-0.25, -0.2) is 0 Å². The summed E-state index contributed by atoms with van der Waals surface area (Å²) < 4.78 is 0. The van der Waals surface area contributed by atoms with Crippen LogP contribution in [-0.4, -0.2) is 18.4 Å². The van der Waals surface area contributed by atoms with Gasteiger partial charge < -0.3 is 11.5 Å². The van der Waals surface area contributed by atoms with E-state index in [-0.39, 0.29) is 11.8 Å². The summed E-state index contributed by atoms with van der Waals surface area (Å²) in [6.45, 7) is 0.770. The van der Waals surface area contributed by atoms with E-state index in [0.717, 1.165) is 32.2 Å². The lowest BCUT2D eigenvalue weighted by Crippen LogP contribution is -2.30. The highest BCUT2D eigenvalue weighted by Crippen LogP contribution is 2.10. The molecule has 0 saturated heterocycles. The molecule has 1 aromatic rings. The van der Waals surface area contributed by atoms with Gasteiger partial charge in [0.05, 0.1) is 6.04 Å². The van der Waals surface area contributed by atoms with Crippen molar-refractivity contribution < 1.29 is 4.79 Å². The van der Waals surface area contributed by atoms with Crippen molar-refractivity contribution >= 4 is 5.78 Å². The molecule has 0 saturated carbocycles. The molecule has 0 amide bonds. The number of benzene rings is 1. The normalized spacial score (nSPS) is 12.3. The Hall–Kier alpha value is -1.19. The molecule has 3 heteroatoms. The average molecular weight is 248 g/mol. The SMILES string of the molecule is NCCCCCCCC(N)C(=O)c1ccccc1. The van der Waals surface area contributed by atoms with Gasteiger partial charge in [-0.1, -0.05) is 56.0 Å². The van der Waals surface area contributed by atoms with E-state index in [0.29, 0.717) is 5.56 Å². The second-order valence-corrected chi connectivity index (χ2v) is 4.68. The van der Waals surface area contributed by atoms with Gasteiger partial charge in [-0.05, 0) is 19.4 Å². The van der Waals surface area contributed by atoms with Crippen LogP contribution in [0.2, 0.25) is 0 Å². The number of carbonyl (C=O) groups excluding carboxylic acids is 1. The van der Waals surface area contributed by atoms with Crippen LogP contribution >= 0.6 is 0 Å². The molecule has 0 aliphatic heterocycles. The first-order chi connectivity index (χ1) is 8.75. The van der Waals surface area contributed by atoms with E-state index in [2.05, 4.69) is 0 Å². The molecule has 4 N–H and O–H groups in total. The molecule has 0 aliphatic rings. The van der Waals surface area contributed by atoms with Crippen LogP contribution in [0.5, 0.6) is 0 Å². The quantitative estimate of drug-likeness (QED) is 0.521. The molecule has 1 atom stereocenters. The fourth-order valence-corrected chi connectivity index (χ4v) is 1.99. The Morgan fingerprint density at radius 2 is 1.61 bits per heavy atom. The van der Waals surface area contributed by atoms with Gasteiger partial charge in [-0.2, -0.15) is 0 Å². The lowest BCUT2D eigenvalue weighted by atomic mass is 9.99. The molecule has 18 heavy (non-hydrogen) atoms. The lowest BCUT2D eigenvalue weighted by Gasteiger charge is -2.10. The van der Waals surface area contributed by atoms with Gasteiger partial charge in [0.15, 0.2) is 5.78 Å². The molecule has 3 nitrogen and oxygen atoms in total. The van der Waals surface area contributed by atoms with E-state index >= 15 is 0 Å². The van der Waals surface area contributed by atoms with Crippen LogP contribution in [0.15, 0.2) is 30.3 Å². The van der Waals surface area contributed by atoms with E-state index in [1.165, 1.54) is 12.8 Å². The molecule has 1 unspecified atom stereocenters. The molecule has 0 fully saturated rings. The maximum absolute atomic E-state index is 12.0. The Bertz CT molecular complexity index is 338. The second kappa shape index (κ2) is 8.84. The number of unbranched alkanes of at least 4 members (excludes halogenated alkanes) is 4. The van der Waals surface area contributed by atoms with Gasteiger partial charge in [0.25, 0.3) is 0 Å². The van der Waals surface area contributed by atoms with Crippen molar-refractivity contribution in [2.24, 2.45) is 11.5 Å². The molecular weight excluding hydrogens is 224 g/mol. The zero-order valence-electron chi connectivity index (χ0n) is 11.0. The van der Waals surface area contributed by atoms with Gasteiger partial charge >= 0.3 is 0 Å². The summed E-state index contributed by atoms with van der Waals surface area (Å²) in [5.74, 6) is 0.0533. The zero-order chi connectivity index (χ0) is 13.2. The summed E-state index contributed by atoms with van der Waals surface area (Å²) in [6, 6.07) is 8.92. The molecule has 0 spiro atoms. The topological polar surface area (TPSA) is 69.1 Å². The van der Waals surface area contributed by atoms with Crippen LogP contribution < -0.4 is 11.5 Å². The fourth-order valence-electron chi connectivity index (χ4n) is 1.99. The molecular formula is C15H24N2O. The van der Waals surface area contributed by atoms with Gasteiger partial charge in [0.2, 0.25) is 0 Å². The summed E-state index contributed by atoms with van der Waals surface area (Å²) in [5.41, 5.74) is 12.1. The highest BCUT2D eigenvalue weighted by molar-refractivity contribution is 5.99. The first-order valence-corrected chi connectivity index (χ1v) is 6.80. The van der Waals surface area contributed by atoms with E-state index in [1.807, 2.05) is 30.3 Å². The van der Waals surface area contributed by atoms with Crippen molar-refractivity contribution in [2.45, 2.75) is 44.6 Å². The molecule has 1 rings (SSSR count). The van der Waals surface area contributed by atoms with Crippen molar-refractivity contribution in [3.8, 4) is 0 Å². The van der Waals surface area contributed by atoms with Crippen molar-refractivity contribution in [3.63, 3.8) is 0 Å². The minimum Gasteiger partial charge on any atom is -0.330 e. The number of hydrogen-bond donors (Lipinski definition) is 2. The molecule has 0 bridgehead atoms. The molecule has 1 aromatic carbocycles. The average Bonchev–Trinajstić information content (AvgIpc) is 2.42. The highest BCUT2D eigenvalue weighted by Gasteiger charge is 2.14. The van der Waals surface area contributed by atoms with E-state index < -0.39 is 0 Å². The largest absolute Gasteiger partial charge is 0.330 e.